The summed E-state index contributed by atoms with van der Waals surface area (Å²) in [5, 5.41) is 6.30. The first-order valence-corrected chi connectivity index (χ1v) is 7.47. The Balaban J connectivity index is 0.00000220. The number of hydrogen-bond acceptors (Lipinski definition) is 3. The van der Waals surface area contributed by atoms with Crippen LogP contribution in [-0.4, -0.2) is 25.1 Å². The molecule has 0 bridgehead atoms. The second-order valence-electron chi connectivity index (χ2n) is 5.13. The van der Waals surface area contributed by atoms with Crippen LogP contribution in [0.4, 0.5) is 0 Å². The third kappa shape index (κ3) is 5.65. The fourth-order valence-electron chi connectivity index (χ4n) is 2.46. The highest BCUT2D eigenvalue weighted by atomic mass is 35.5. The van der Waals surface area contributed by atoms with Gasteiger partial charge in [-0.3, -0.25) is 4.79 Å². The first kappa shape index (κ1) is 18.0. The number of carbonyl (C=O) groups excluding carboxylic acids is 1. The molecular weight excluding hydrogens is 288 g/mol. The molecule has 0 spiro atoms. The average molecular weight is 313 g/mol. The zero-order valence-electron chi connectivity index (χ0n) is 12.6. The van der Waals surface area contributed by atoms with Crippen LogP contribution in [0.5, 0.6) is 0 Å². The van der Waals surface area contributed by atoms with Crippen molar-refractivity contribution in [3.8, 4) is 0 Å². The number of amides is 1. The molecule has 0 aromatic heterocycles. The van der Waals surface area contributed by atoms with Crippen molar-refractivity contribution in [3.05, 3.63) is 35.4 Å². The lowest BCUT2D eigenvalue weighted by molar-refractivity contribution is -0.123. The SMILES string of the molecule is CCOCc1ccccc1CNC(=O)[C@H]1CCCCN1.Cl. The molecule has 1 aliphatic rings. The summed E-state index contributed by atoms with van der Waals surface area (Å²) in [6.45, 7) is 4.80. The summed E-state index contributed by atoms with van der Waals surface area (Å²) in [4.78, 5) is 12.1. The Labute approximate surface area is 133 Å². The van der Waals surface area contributed by atoms with Crippen LogP contribution in [-0.2, 0) is 22.7 Å². The molecule has 2 N–H and O–H groups in total. The fraction of sp³-hybridized carbons (Fsp3) is 0.562. The van der Waals surface area contributed by atoms with Gasteiger partial charge in [0.2, 0.25) is 5.91 Å². The van der Waals surface area contributed by atoms with Crippen molar-refractivity contribution >= 4 is 18.3 Å². The Hall–Kier alpha value is -1.10. The van der Waals surface area contributed by atoms with Crippen molar-refractivity contribution in [1.82, 2.24) is 10.6 Å². The Bertz CT molecular complexity index is 434. The molecular formula is C16H25ClN2O2. The van der Waals surface area contributed by atoms with Gasteiger partial charge < -0.3 is 15.4 Å². The first-order valence-electron chi connectivity index (χ1n) is 7.47. The van der Waals surface area contributed by atoms with Crippen molar-refractivity contribution in [1.29, 1.82) is 0 Å². The van der Waals surface area contributed by atoms with E-state index in [1.54, 1.807) is 0 Å². The predicted octanol–water partition coefficient (Wildman–Crippen LogP) is 2.40. The minimum atomic E-state index is -0.0252. The summed E-state index contributed by atoms with van der Waals surface area (Å²) in [5.74, 6) is 0.107. The van der Waals surface area contributed by atoms with E-state index in [4.69, 9.17) is 4.74 Å². The largest absolute Gasteiger partial charge is 0.377 e. The molecule has 5 heteroatoms. The second-order valence-corrected chi connectivity index (χ2v) is 5.13. The number of ether oxygens (including phenoxy) is 1. The smallest absolute Gasteiger partial charge is 0.237 e. The highest BCUT2D eigenvalue weighted by molar-refractivity contribution is 5.85. The third-order valence-corrected chi connectivity index (χ3v) is 3.66. The van der Waals surface area contributed by atoms with Crippen molar-refractivity contribution in [2.45, 2.75) is 45.4 Å². The lowest BCUT2D eigenvalue weighted by Gasteiger charge is -2.22. The lowest BCUT2D eigenvalue weighted by atomic mass is 10.0. The van der Waals surface area contributed by atoms with Gasteiger partial charge in [-0.1, -0.05) is 30.7 Å². The molecule has 0 saturated carbocycles. The molecule has 0 unspecified atom stereocenters. The van der Waals surface area contributed by atoms with E-state index in [9.17, 15) is 4.79 Å². The first-order chi connectivity index (χ1) is 9.81. The Morgan fingerprint density at radius 3 is 2.76 bits per heavy atom. The van der Waals surface area contributed by atoms with Gasteiger partial charge in [0.1, 0.15) is 0 Å². The highest BCUT2D eigenvalue weighted by Crippen LogP contribution is 2.11. The highest BCUT2D eigenvalue weighted by Gasteiger charge is 2.20. The van der Waals surface area contributed by atoms with Crippen LogP contribution in [0, 0.1) is 0 Å². The molecule has 1 aromatic carbocycles. The topological polar surface area (TPSA) is 50.4 Å². The fourth-order valence-corrected chi connectivity index (χ4v) is 2.46. The summed E-state index contributed by atoms with van der Waals surface area (Å²) >= 11 is 0. The summed E-state index contributed by atoms with van der Waals surface area (Å²) in [7, 11) is 0. The van der Waals surface area contributed by atoms with Gasteiger partial charge >= 0.3 is 0 Å². The van der Waals surface area contributed by atoms with E-state index in [0.29, 0.717) is 19.8 Å². The van der Waals surface area contributed by atoms with Gasteiger partial charge in [-0.2, -0.15) is 0 Å². The van der Waals surface area contributed by atoms with Crippen LogP contribution >= 0.6 is 12.4 Å². The molecule has 0 aliphatic carbocycles. The minimum Gasteiger partial charge on any atom is -0.377 e. The molecule has 1 aliphatic heterocycles. The number of halogens is 1. The van der Waals surface area contributed by atoms with E-state index in [1.807, 2.05) is 25.1 Å². The van der Waals surface area contributed by atoms with Gasteiger partial charge in [0.25, 0.3) is 0 Å². The molecule has 1 aromatic rings. The van der Waals surface area contributed by atoms with Gasteiger partial charge in [-0.05, 0) is 37.4 Å². The van der Waals surface area contributed by atoms with Crippen LogP contribution in [0.3, 0.4) is 0 Å². The molecule has 1 atom stereocenters. The maximum atomic E-state index is 12.1. The van der Waals surface area contributed by atoms with Gasteiger partial charge in [0, 0.05) is 13.2 Å². The van der Waals surface area contributed by atoms with Crippen LogP contribution < -0.4 is 10.6 Å². The quantitative estimate of drug-likeness (QED) is 0.848. The van der Waals surface area contributed by atoms with Crippen LogP contribution in [0.15, 0.2) is 24.3 Å². The summed E-state index contributed by atoms with van der Waals surface area (Å²) in [6, 6.07) is 8.07. The van der Waals surface area contributed by atoms with E-state index in [0.717, 1.165) is 30.5 Å². The zero-order valence-corrected chi connectivity index (χ0v) is 13.4. The summed E-state index contributed by atoms with van der Waals surface area (Å²) in [6.07, 6.45) is 3.24. The van der Waals surface area contributed by atoms with Crippen LogP contribution in [0.2, 0.25) is 0 Å². The normalized spacial score (nSPS) is 17.9. The summed E-state index contributed by atoms with van der Waals surface area (Å²) in [5.41, 5.74) is 2.27. The van der Waals surface area contributed by atoms with Crippen LogP contribution in [0.25, 0.3) is 0 Å². The molecule has 1 amide bonds. The average Bonchev–Trinajstić information content (AvgIpc) is 2.52. The monoisotopic (exact) mass is 312 g/mol. The van der Waals surface area contributed by atoms with Gasteiger partial charge in [-0.15, -0.1) is 12.4 Å². The third-order valence-electron chi connectivity index (χ3n) is 3.66. The van der Waals surface area contributed by atoms with Crippen molar-refractivity contribution in [2.24, 2.45) is 0 Å². The van der Waals surface area contributed by atoms with E-state index in [2.05, 4.69) is 16.7 Å². The van der Waals surface area contributed by atoms with Crippen molar-refractivity contribution in [2.75, 3.05) is 13.2 Å². The van der Waals surface area contributed by atoms with Crippen molar-refractivity contribution < 1.29 is 9.53 Å². The molecule has 2 rings (SSSR count). The maximum Gasteiger partial charge on any atom is 0.237 e. The Morgan fingerprint density at radius 2 is 2.10 bits per heavy atom. The zero-order chi connectivity index (χ0) is 14.2. The number of rotatable bonds is 6. The molecule has 1 heterocycles. The van der Waals surface area contributed by atoms with Gasteiger partial charge in [0.15, 0.2) is 0 Å². The predicted molar refractivity (Wildman–Crippen MR) is 86.5 cm³/mol. The van der Waals surface area contributed by atoms with Crippen LogP contribution in [0.1, 0.15) is 37.3 Å². The van der Waals surface area contributed by atoms with Gasteiger partial charge in [-0.25, -0.2) is 0 Å². The molecule has 21 heavy (non-hydrogen) atoms. The standard InChI is InChI=1S/C16H24N2O2.ClH/c1-2-20-12-14-8-4-3-7-13(14)11-18-16(19)15-9-5-6-10-17-15;/h3-4,7-8,15,17H,2,5-6,9-12H2,1H3,(H,18,19);1H/t15-;/m1./s1. The number of hydrogen-bond donors (Lipinski definition) is 2. The number of nitrogens with one attached hydrogen (secondary N) is 2. The second kappa shape index (κ2) is 9.77. The number of piperidine rings is 1. The maximum absolute atomic E-state index is 12.1. The minimum absolute atomic E-state index is 0. The van der Waals surface area contributed by atoms with Gasteiger partial charge in [0.05, 0.1) is 12.6 Å². The Morgan fingerprint density at radius 1 is 1.33 bits per heavy atom. The molecule has 118 valence electrons. The van der Waals surface area contributed by atoms with E-state index in [1.165, 1.54) is 6.42 Å². The number of carbonyl (C=O) groups is 1. The lowest BCUT2D eigenvalue weighted by Crippen LogP contribution is -2.46. The number of benzene rings is 1. The molecule has 1 saturated heterocycles. The summed E-state index contributed by atoms with van der Waals surface area (Å²) < 4.78 is 5.46. The molecule has 4 nitrogen and oxygen atoms in total. The molecule has 1 fully saturated rings. The molecule has 0 radical (unpaired) electrons. The van der Waals surface area contributed by atoms with E-state index in [-0.39, 0.29) is 24.4 Å². The van der Waals surface area contributed by atoms with Crippen molar-refractivity contribution in [3.63, 3.8) is 0 Å². The van der Waals surface area contributed by atoms with E-state index >= 15 is 0 Å². The van der Waals surface area contributed by atoms with E-state index < -0.39 is 0 Å². The Kier molecular flexibility index (Phi) is 8.35.